The molecular formula is C47H29N5S. The highest BCUT2D eigenvalue weighted by molar-refractivity contribution is 7.21. The molecule has 0 unspecified atom stereocenters. The zero-order valence-corrected chi connectivity index (χ0v) is 29.2. The van der Waals surface area contributed by atoms with Crippen LogP contribution < -0.4 is 0 Å². The first-order valence-corrected chi connectivity index (χ1v) is 18.3. The van der Waals surface area contributed by atoms with Crippen molar-refractivity contribution in [2.75, 3.05) is 0 Å². The van der Waals surface area contributed by atoms with Crippen molar-refractivity contribution in [2.45, 2.75) is 0 Å². The molecule has 10 aromatic rings. The van der Waals surface area contributed by atoms with Gasteiger partial charge in [-0.1, -0.05) is 152 Å². The molecule has 3 heterocycles. The van der Waals surface area contributed by atoms with Crippen molar-refractivity contribution in [3.63, 3.8) is 0 Å². The largest absolute Gasteiger partial charge is 0.247 e. The lowest BCUT2D eigenvalue weighted by molar-refractivity contribution is 1.07. The van der Waals surface area contributed by atoms with E-state index in [1.54, 1.807) is 11.3 Å². The van der Waals surface area contributed by atoms with Gasteiger partial charge < -0.3 is 0 Å². The lowest BCUT2D eigenvalue weighted by Gasteiger charge is -2.16. The fourth-order valence-corrected chi connectivity index (χ4v) is 7.98. The molecular weight excluding hydrogens is 667 g/mol. The molecule has 10 rings (SSSR count). The minimum atomic E-state index is 0.598. The average molecular weight is 696 g/mol. The second-order valence-electron chi connectivity index (χ2n) is 12.9. The van der Waals surface area contributed by atoms with Crippen molar-refractivity contribution in [3.8, 4) is 67.1 Å². The molecule has 0 saturated carbocycles. The Morgan fingerprint density at radius 3 is 1.55 bits per heavy atom. The summed E-state index contributed by atoms with van der Waals surface area (Å²) in [4.78, 5) is 25.4. The molecule has 0 bridgehead atoms. The molecule has 0 fully saturated rings. The molecule has 0 aliphatic heterocycles. The van der Waals surface area contributed by atoms with E-state index < -0.39 is 0 Å². The number of fused-ring (bicyclic) bond motifs is 4. The summed E-state index contributed by atoms with van der Waals surface area (Å²) in [7, 11) is 0. The summed E-state index contributed by atoms with van der Waals surface area (Å²) in [6.07, 6.45) is 0. The van der Waals surface area contributed by atoms with Crippen molar-refractivity contribution in [3.05, 3.63) is 176 Å². The van der Waals surface area contributed by atoms with E-state index in [2.05, 4.69) is 103 Å². The Labute approximate surface area is 310 Å². The predicted octanol–water partition coefficient (Wildman–Crippen LogP) is 12.2. The van der Waals surface area contributed by atoms with E-state index in [1.165, 1.54) is 0 Å². The Kier molecular flexibility index (Phi) is 7.59. The summed E-state index contributed by atoms with van der Waals surface area (Å²) in [6, 6.07) is 60.5. The van der Waals surface area contributed by atoms with Crippen molar-refractivity contribution < 1.29 is 0 Å². The van der Waals surface area contributed by atoms with Gasteiger partial charge in [0.15, 0.2) is 17.5 Å². The summed E-state index contributed by atoms with van der Waals surface area (Å²) < 4.78 is 1.13. The third-order valence-electron chi connectivity index (χ3n) is 9.56. The van der Waals surface area contributed by atoms with E-state index in [-0.39, 0.29) is 0 Å². The Hall–Kier alpha value is -6.89. The summed E-state index contributed by atoms with van der Waals surface area (Å²) in [6.45, 7) is 0. The van der Waals surface area contributed by atoms with Crippen LogP contribution in [-0.2, 0) is 0 Å². The maximum atomic E-state index is 5.37. The van der Waals surface area contributed by atoms with Gasteiger partial charge in [-0.2, -0.15) is 0 Å². The fraction of sp³-hybridized carbons (Fsp3) is 0. The van der Waals surface area contributed by atoms with Crippen molar-refractivity contribution in [1.29, 1.82) is 0 Å². The Morgan fingerprint density at radius 1 is 0.321 bits per heavy atom. The molecule has 0 aliphatic carbocycles. The van der Waals surface area contributed by atoms with Crippen LogP contribution in [0.15, 0.2) is 176 Å². The highest BCUT2D eigenvalue weighted by Crippen LogP contribution is 2.41. The van der Waals surface area contributed by atoms with Crippen molar-refractivity contribution >= 4 is 43.2 Å². The fourth-order valence-electron chi connectivity index (χ4n) is 6.97. The molecule has 0 N–H and O–H groups in total. The van der Waals surface area contributed by atoms with Gasteiger partial charge in [-0.3, -0.25) is 0 Å². The topological polar surface area (TPSA) is 64.5 Å². The number of hydrogen-bond donors (Lipinski definition) is 0. The molecule has 53 heavy (non-hydrogen) atoms. The smallest absolute Gasteiger partial charge is 0.164 e. The number of hydrogen-bond acceptors (Lipinski definition) is 6. The molecule has 0 spiro atoms. The molecule has 6 heteroatoms. The number of pyridine rings is 1. The van der Waals surface area contributed by atoms with E-state index in [0.29, 0.717) is 17.5 Å². The van der Waals surface area contributed by atoms with Gasteiger partial charge in [0.25, 0.3) is 0 Å². The number of aromatic nitrogens is 5. The predicted molar refractivity (Wildman–Crippen MR) is 218 cm³/mol. The molecule has 7 aromatic carbocycles. The van der Waals surface area contributed by atoms with Crippen LogP contribution in [0.5, 0.6) is 0 Å². The van der Waals surface area contributed by atoms with Crippen LogP contribution in [-0.4, -0.2) is 24.9 Å². The summed E-state index contributed by atoms with van der Waals surface area (Å²) in [5, 5.41) is 4.38. The van der Waals surface area contributed by atoms with Gasteiger partial charge in [0.05, 0.1) is 21.4 Å². The van der Waals surface area contributed by atoms with E-state index in [1.807, 2.05) is 72.8 Å². The third kappa shape index (κ3) is 5.72. The molecule has 0 atom stereocenters. The number of para-hydroxylation sites is 1. The van der Waals surface area contributed by atoms with E-state index >= 15 is 0 Å². The van der Waals surface area contributed by atoms with Gasteiger partial charge in [0.1, 0.15) is 5.01 Å². The highest BCUT2D eigenvalue weighted by atomic mass is 32.1. The second kappa shape index (κ2) is 13.0. The molecule has 3 aromatic heterocycles. The van der Waals surface area contributed by atoms with Gasteiger partial charge >= 0.3 is 0 Å². The van der Waals surface area contributed by atoms with Crippen LogP contribution in [0.2, 0.25) is 0 Å². The van der Waals surface area contributed by atoms with Crippen LogP contribution in [0.1, 0.15) is 0 Å². The van der Waals surface area contributed by atoms with E-state index in [4.69, 9.17) is 24.9 Å². The molecule has 5 nitrogen and oxygen atoms in total. The number of rotatable bonds is 6. The SMILES string of the molecule is c1ccc(-c2nc(-c3ccccc3)nc(-c3ccc(-c4ccc5nc(-c6ccccc6)sc5c4)c(-c4nc5ccccc5c5ccccc45)c3)n2)cc1. The van der Waals surface area contributed by atoms with E-state index in [0.717, 1.165) is 81.5 Å². The molecule has 0 aliphatic rings. The minimum Gasteiger partial charge on any atom is -0.247 e. The van der Waals surface area contributed by atoms with Gasteiger partial charge in [0.2, 0.25) is 0 Å². The maximum absolute atomic E-state index is 5.37. The first-order valence-electron chi connectivity index (χ1n) is 17.5. The van der Waals surface area contributed by atoms with Crippen LogP contribution >= 0.6 is 11.3 Å². The number of nitrogens with zero attached hydrogens (tertiary/aromatic N) is 5. The minimum absolute atomic E-state index is 0.598. The normalized spacial score (nSPS) is 11.4. The highest BCUT2D eigenvalue weighted by Gasteiger charge is 2.19. The van der Waals surface area contributed by atoms with Gasteiger partial charge in [0, 0.05) is 38.6 Å². The maximum Gasteiger partial charge on any atom is 0.164 e. The molecule has 248 valence electrons. The Balaban J connectivity index is 1.21. The molecule has 0 amide bonds. The number of benzene rings is 7. The molecule has 0 radical (unpaired) electrons. The Bertz CT molecular complexity index is 2880. The lowest BCUT2D eigenvalue weighted by Crippen LogP contribution is -2.01. The monoisotopic (exact) mass is 695 g/mol. The quantitative estimate of drug-likeness (QED) is 0.162. The number of thiazole rings is 1. The Morgan fingerprint density at radius 2 is 0.868 bits per heavy atom. The van der Waals surface area contributed by atoms with Crippen molar-refractivity contribution in [2.24, 2.45) is 0 Å². The van der Waals surface area contributed by atoms with Crippen LogP contribution in [0.4, 0.5) is 0 Å². The van der Waals surface area contributed by atoms with Crippen molar-refractivity contribution in [1.82, 2.24) is 24.9 Å². The lowest BCUT2D eigenvalue weighted by atomic mass is 9.92. The first kappa shape index (κ1) is 30.9. The zero-order chi connectivity index (χ0) is 35.1. The summed E-state index contributed by atoms with van der Waals surface area (Å²) in [5.41, 5.74) is 9.86. The average Bonchev–Trinajstić information content (AvgIpc) is 3.68. The first-order chi connectivity index (χ1) is 26.2. The standard InChI is InChI=1S/C47H29N5S/c1-4-14-30(15-5-1)44-50-45(31-16-6-2-7-17-31)52-46(51-44)34-24-26-35(33-25-27-41-42(29-33)53-47(49-41)32-18-8-3-9-19-32)39(28-34)43-38-22-11-10-20-36(38)37-21-12-13-23-40(37)48-43/h1-29H. The van der Waals surface area contributed by atoms with Gasteiger partial charge in [-0.15, -0.1) is 11.3 Å². The van der Waals surface area contributed by atoms with Gasteiger partial charge in [-0.05, 0) is 40.8 Å². The summed E-state index contributed by atoms with van der Waals surface area (Å²) in [5.74, 6) is 1.85. The third-order valence-corrected chi connectivity index (χ3v) is 10.6. The van der Waals surface area contributed by atoms with Crippen LogP contribution in [0, 0.1) is 0 Å². The zero-order valence-electron chi connectivity index (χ0n) is 28.4. The molecule has 0 saturated heterocycles. The van der Waals surface area contributed by atoms with Gasteiger partial charge in [-0.25, -0.2) is 24.9 Å². The second-order valence-corrected chi connectivity index (χ2v) is 13.9. The van der Waals surface area contributed by atoms with Crippen LogP contribution in [0.25, 0.3) is 99.0 Å². The van der Waals surface area contributed by atoms with E-state index in [9.17, 15) is 0 Å². The van der Waals surface area contributed by atoms with Crippen LogP contribution in [0.3, 0.4) is 0 Å². The summed E-state index contributed by atoms with van der Waals surface area (Å²) >= 11 is 1.71.